The minimum atomic E-state index is -2.95. The van der Waals surface area contributed by atoms with Crippen LogP contribution in [0.1, 0.15) is 6.42 Å². The fourth-order valence-electron chi connectivity index (χ4n) is 1.78. The van der Waals surface area contributed by atoms with E-state index in [1.54, 1.807) is 0 Å². The van der Waals surface area contributed by atoms with E-state index < -0.39 is 15.7 Å². The van der Waals surface area contributed by atoms with Gasteiger partial charge in [-0.2, -0.15) is 0 Å². The third-order valence-corrected chi connectivity index (χ3v) is 4.91. The van der Waals surface area contributed by atoms with Gasteiger partial charge in [-0.05, 0) is 18.6 Å². The first-order valence-electron chi connectivity index (χ1n) is 4.99. The third-order valence-electron chi connectivity index (χ3n) is 2.59. The zero-order valence-corrected chi connectivity index (χ0v) is 11.0. The molecular weight excluding hydrogens is 288 g/mol. The summed E-state index contributed by atoms with van der Waals surface area (Å²) < 4.78 is 35.7. The van der Waals surface area contributed by atoms with E-state index in [0.29, 0.717) is 12.1 Å². The molecule has 0 aliphatic carbocycles. The van der Waals surface area contributed by atoms with Crippen LogP contribution in [-0.4, -0.2) is 26.0 Å². The quantitative estimate of drug-likeness (QED) is 0.854. The normalized spacial score (nSPS) is 22.6. The molecule has 1 aliphatic rings. The molecule has 0 saturated carbocycles. The van der Waals surface area contributed by atoms with Crippen molar-refractivity contribution in [2.24, 2.45) is 0 Å². The topological polar surface area (TPSA) is 46.2 Å². The summed E-state index contributed by atoms with van der Waals surface area (Å²) in [6.45, 7) is 0. The van der Waals surface area contributed by atoms with E-state index in [2.05, 4.69) is 5.32 Å². The van der Waals surface area contributed by atoms with Crippen molar-refractivity contribution in [3.8, 4) is 0 Å². The average Bonchev–Trinajstić information content (AvgIpc) is 2.54. The number of anilines is 1. The van der Waals surface area contributed by atoms with Crippen LogP contribution >= 0.6 is 23.2 Å². The molecule has 1 aromatic rings. The Labute approximate surface area is 109 Å². The van der Waals surface area contributed by atoms with E-state index in [9.17, 15) is 12.8 Å². The number of halogens is 3. The lowest BCUT2D eigenvalue weighted by Crippen LogP contribution is -2.20. The fraction of sp³-hybridized carbons (Fsp3) is 0.400. The Morgan fingerprint density at radius 1 is 1.29 bits per heavy atom. The maximum atomic E-state index is 13.2. The SMILES string of the molecule is O=S1(=O)CCC(Nc2cc(Cl)c(F)c(Cl)c2)C1. The lowest BCUT2D eigenvalue weighted by molar-refractivity contribution is 0.602. The summed E-state index contributed by atoms with van der Waals surface area (Å²) in [5.74, 6) is -0.412. The molecule has 1 atom stereocenters. The van der Waals surface area contributed by atoms with E-state index in [1.165, 1.54) is 12.1 Å². The molecule has 0 amide bonds. The number of rotatable bonds is 2. The number of nitrogens with one attached hydrogen (secondary N) is 1. The molecule has 1 saturated heterocycles. The number of hydrogen-bond donors (Lipinski definition) is 1. The molecule has 0 bridgehead atoms. The molecule has 3 nitrogen and oxygen atoms in total. The molecule has 1 aromatic carbocycles. The highest BCUT2D eigenvalue weighted by Gasteiger charge is 2.27. The summed E-state index contributed by atoms with van der Waals surface area (Å²) in [5, 5.41) is 2.83. The summed E-state index contributed by atoms with van der Waals surface area (Å²) >= 11 is 11.3. The first-order chi connectivity index (χ1) is 7.87. The molecule has 94 valence electrons. The van der Waals surface area contributed by atoms with E-state index in [-0.39, 0.29) is 27.6 Å². The van der Waals surface area contributed by atoms with E-state index >= 15 is 0 Å². The minimum absolute atomic E-state index is 0.0825. The van der Waals surface area contributed by atoms with E-state index in [4.69, 9.17) is 23.2 Å². The van der Waals surface area contributed by atoms with Crippen LogP contribution in [0.3, 0.4) is 0 Å². The number of sulfone groups is 1. The second-order valence-corrected chi connectivity index (χ2v) is 7.04. The second kappa shape index (κ2) is 4.63. The molecule has 0 spiro atoms. The smallest absolute Gasteiger partial charge is 0.160 e. The first-order valence-corrected chi connectivity index (χ1v) is 7.56. The highest BCUT2D eigenvalue weighted by atomic mass is 35.5. The van der Waals surface area contributed by atoms with Gasteiger partial charge in [0.05, 0.1) is 21.6 Å². The Hall–Kier alpha value is -0.520. The molecule has 0 aromatic heterocycles. The van der Waals surface area contributed by atoms with Gasteiger partial charge in [0.2, 0.25) is 0 Å². The van der Waals surface area contributed by atoms with Crippen LogP contribution < -0.4 is 5.32 Å². The summed E-state index contributed by atoms with van der Waals surface area (Å²) in [6, 6.07) is 2.62. The highest BCUT2D eigenvalue weighted by Crippen LogP contribution is 2.28. The number of benzene rings is 1. The van der Waals surface area contributed by atoms with Gasteiger partial charge in [-0.1, -0.05) is 23.2 Å². The molecule has 2 rings (SSSR count). The Balaban J connectivity index is 2.15. The van der Waals surface area contributed by atoms with Gasteiger partial charge in [0.1, 0.15) is 0 Å². The Morgan fingerprint density at radius 3 is 2.35 bits per heavy atom. The van der Waals surface area contributed by atoms with Crippen molar-refractivity contribution in [1.29, 1.82) is 0 Å². The molecular formula is C10H10Cl2FNO2S. The van der Waals surface area contributed by atoms with Gasteiger partial charge in [-0.25, -0.2) is 12.8 Å². The Morgan fingerprint density at radius 2 is 1.88 bits per heavy atom. The molecule has 1 heterocycles. The van der Waals surface area contributed by atoms with Crippen molar-refractivity contribution in [3.05, 3.63) is 28.0 Å². The van der Waals surface area contributed by atoms with E-state index in [1.807, 2.05) is 0 Å². The molecule has 1 unspecified atom stereocenters. The van der Waals surface area contributed by atoms with Crippen LogP contribution in [0.5, 0.6) is 0 Å². The lowest BCUT2D eigenvalue weighted by Gasteiger charge is -2.13. The predicted molar refractivity (Wildman–Crippen MR) is 67.1 cm³/mol. The van der Waals surface area contributed by atoms with E-state index in [0.717, 1.165) is 0 Å². The van der Waals surface area contributed by atoms with Crippen LogP contribution in [0.15, 0.2) is 12.1 Å². The van der Waals surface area contributed by atoms with Crippen molar-refractivity contribution in [1.82, 2.24) is 0 Å². The summed E-state index contributed by atoms with van der Waals surface area (Å²) in [7, 11) is -2.95. The zero-order chi connectivity index (χ0) is 12.6. The maximum Gasteiger partial charge on any atom is 0.160 e. The van der Waals surface area contributed by atoms with Gasteiger partial charge in [-0.3, -0.25) is 0 Å². The minimum Gasteiger partial charge on any atom is -0.381 e. The van der Waals surface area contributed by atoms with Crippen molar-refractivity contribution < 1.29 is 12.8 Å². The maximum absolute atomic E-state index is 13.2. The molecule has 1 aliphatic heterocycles. The standard InChI is InChI=1S/C10H10Cl2FNO2S/c11-8-3-7(4-9(12)10(8)13)14-6-1-2-17(15,16)5-6/h3-4,6,14H,1-2,5H2. The van der Waals surface area contributed by atoms with Crippen molar-refractivity contribution in [3.63, 3.8) is 0 Å². The zero-order valence-electron chi connectivity index (χ0n) is 8.71. The fourth-order valence-corrected chi connectivity index (χ4v) is 3.94. The largest absolute Gasteiger partial charge is 0.381 e. The molecule has 17 heavy (non-hydrogen) atoms. The molecule has 0 radical (unpaired) electrons. The third kappa shape index (κ3) is 3.03. The second-order valence-electron chi connectivity index (χ2n) is 4.00. The number of hydrogen-bond acceptors (Lipinski definition) is 3. The summed E-state index contributed by atoms with van der Waals surface area (Å²) in [4.78, 5) is 0. The van der Waals surface area contributed by atoms with Gasteiger partial charge in [0.15, 0.2) is 15.7 Å². The van der Waals surface area contributed by atoms with Gasteiger partial charge < -0.3 is 5.32 Å². The van der Waals surface area contributed by atoms with Gasteiger partial charge in [-0.15, -0.1) is 0 Å². The van der Waals surface area contributed by atoms with Crippen LogP contribution in [0.4, 0.5) is 10.1 Å². The summed E-state index contributed by atoms with van der Waals surface area (Å²) in [5.41, 5.74) is 0.531. The predicted octanol–water partition coefficient (Wildman–Crippen LogP) is 2.73. The molecule has 1 fully saturated rings. The Kier molecular flexibility index (Phi) is 3.52. The van der Waals surface area contributed by atoms with Crippen molar-refractivity contribution in [2.75, 3.05) is 16.8 Å². The average molecular weight is 298 g/mol. The highest BCUT2D eigenvalue weighted by molar-refractivity contribution is 7.91. The molecule has 7 heteroatoms. The summed E-state index contributed by atoms with van der Waals surface area (Å²) in [6.07, 6.45) is 0.537. The van der Waals surface area contributed by atoms with Gasteiger partial charge in [0.25, 0.3) is 0 Å². The first kappa shape index (κ1) is 12.9. The Bertz CT molecular complexity index is 524. The van der Waals surface area contributed by atoms with Crippen LogP contribution in [0, 0.1) is 5.82 Å². The van der Waals surface area contributed by atoms with Crippen LogP contribution in [-0.2, 0) is 9.84 Å². The van der Waals surface area contributed by atoms with Gasteiger partial charge in [0, 0.05) is 11.7 Å². The monoisotopic (exact) mass is 297 g/mol. The van der Waals surface area contributed by atoms with Crippen LogP contribution in [0.2, 0.25) is 10.0 Å². The van der Waals surface area contributed by atoms with Crippen LogP contribution in [0.25, 0.3) is 0 Å². The molecule has 1 N–H and O–H groups in total. The lowest BCUT2D eigenvalue weighted by atomic mass is 10.2. The van der Waals surface area contributed by atoms with Gasteiger partial charge >= 0.3 is 0 Å². The van der Waals surface area contributed by atoms with Crippen molar-refractivity contribution in [2.45, 2.75) is 12.5 Å². The van der Waals surface area contributed by atoms with Crippen molar-refractivity contribution >= 4 is 38.7 Å².